The van der Waals surface area contributed by atoms with Crippen LogP contribution in [-0.2, 0) is 9.53 Å². The van der Waals surface area contributed by atoms with Gasteiger partial charge in [-0.2, -0.15) is 0 Å². The van der Waals surface area contributed by atoms with Crippen LogP contribution in [0.2, 0.25) is 0 Å². The highest BCUT2D eigenvalue weighted by Crippen LogP contribution is 1.98. The minimum Gasteiger partial charge on any atom is -0.468 e. The molecule has 0 heterocycles. The van der Waals surface area contributed by atoms with Gasteiger partial charge in [-0.3, -0.25) is 4.79 Å². The van der Waals surface area contributed by atoms with Crippen molar-refractivity contribution < 1.29 is 9.53 Å². The zero-order valence-electron chi connectivity index (χ0n) is 10.4. The normalized spacial score (nSPS) is 12.9. The molecule has 0 radical (unpaired) electrons. The Hall–Kier alpha value is -0.610. The van der Waals surface area contributed by atoms with Crippen molar-refractivity contribution in [1.29, 1.82) is 0 Å². The molecule has 0 fully saturated rings. The highest BCUT2D eigenvalue weighted by atomic mass is 16.5. The zero-order valence-corrected chi connectivity index (χ0v) is 10.4. The average molecular weight is 216 g/mol. The smallest absolute Gasteiger partial charge is 0.322 e. The number of methoxy groups -OCH3 is 1. The van der Waals surface area contributed by atoms with Gasteiger partial charge in [-0.1, -0.05) is 20.8 Å². The fraction of sp³-hybridized carbons (Fsp3) is 0.909. The van der Waals surface area contributed by atoms with Crippen LogP contribution in [0.4, 0.5) is 0 Å². The number of rotatable bonds is 8. The van der Waals surface area contributed by atoms with Gasteiger partial charge in [0.25, 0.3) is 0 Å². The number of ether oxygens (including phenoxy) is 1. The molecule has 0 aliphatic rings. The quantitative estimate of drug-likeness (QED) is 0.611. The van der Waals surface area contributed by atoms with Crippen molar-refractivity contribution in [2.45, 2.75) is 33.2 Å². The maximum Gasteiger partial charge on any atom is 0.322 e. The third-order valence-electron chi connectivity index (χ3n) is 2.56. The summed E-state index contributed by atoms with van der Waals surface area (Å²) in [5, 5.41) is 3.14. The molecule has 0 rings (SSSR count). The molecular weight excluding hydrogens is 192 g/mol. The van der Waals surface area contributed by atoms with E-state index >= 15 is 0 Å². The summed E-state index contributed by atoms with van der Waals surface area (Å²) in [4.78, 5) is 13.7. The number of nitrogens with one attached hydrogen (secondary N) is 1. The lowest BCUT2D eigenvalue weighted by Gasteiger charge is -2.21. The Morgan fingerprint density at radius 3 is 2.33 bits per heavy atom. The summed E-state index contributed by atoms with van der Waals surface area (Å²) in [6.45, 7) is 10.0. The van der Waals surface area contributed by atoms with Gasteiger partial charge in [0.1, 0.15) is 6.04 Å². The molecule has 1 N–H and O–H groups in total. The Balaban J connectivity index is 3.99. The molecule has 15 heavy (non-hydrogen) atoms. The summed E-state index contributed by atoms with van der Waals surface area (Å²) in [6, 6.07) is -0.166. The van der Waals surface area contributed by atoms with Gasteiger partial charge in [-0.05, 0) is 26.1 Å². The van der Waals surface area contributed by atoms with Gasteiger partial charge in [-0.15, -0.1) is 0 Å². The van der Waals surface area contributed by atoms with Gasteiger partial charge in [0.2, 0.25) is 0 Å². The first kappa shape index (κ1) is 14.4. The number of esters is 1. The molecule has 0 aliphatic heterocycles. The van der Waals surface area contributed by atoms with Crippen LogP contribution >= 0.6 is 0 Å². The molecule has 1 unspecified atom stereocenters. The second-order valence-electron chi connectivity index (χ2n) is 3.45. The molecule has 0 amide bonds. The average Bonchev–Trinajstić information content (AvgIpc) is 2.27. The Labute approximate surface area is 93.0 Å². The zero-order chi connectivity index (χ0) is 11.7. The van der Waals surface area contributed by atoms with E-state index in [0.29, 0.717) is 0 Å². The summed E-state index contributed by atoms with van der Waals surface area (Å²) in [5.74, 6) is -0.163. The molecule has 1 atom stereocenters. The Kier molecular flexibility index (Phi) is 8.33. The van der Waals surface area contributed by atoms with Crippen molar-refractivity contribution in [3.05, 3.63) is 0 Å². The van der Waals surface area contributed by atoms with Crippen molar-refractivity contribution in [3.63, 3.8) is 0 Å². The lowest BCUT2D eigenvalue weighted by atomic mass is 10.2. The third-order valence-corrected chi connectivity index (χ3v) is 2.56. The number of likely N-dealkylation sites (N-methyl/N-ethyl adjacent to an activating group) is 1. The number of hydrogen-bond donors (Lipinski definition) is 1. The Morgan fingerprint density at radius 2 is 1.93 bits per heavy atom. The van der Waals surface area contributed by atoms with Gasteiger partial charge in [0.15, 0.2) is 0 Å². The molecule has 4 nitrogen and oxygen atoms in total. The predicted molar refractivity (Wildman–Crippen MR) is 61.9 cm³/mol. The highest BCUT2D eigenvalue weighted by Gasteiger charge is 2.17. The number of carbonyl (C=O) groups is 1. The van der Waals surface area contributed by atoms with Gasteiger partial charge in [0, 0.05) is 6.54 Å². The topological polar surface area (TPSA) is 41.6 Å². The SMILES string of the molecule is CCNC(CCN(CC)CC)C(=O)OC. The van der Waals surface area contributed by atoms with E-state index in [-0.39, 0.29) is 12.0 Å². The van der Waals surface area contributed by atoms with Gasteiger partial charge in [-0.25, -0.2) is 0 Å². The summed E-state index contributed by atoms with van der Waals surface area (Å²) in [5.41, 5.74) is 0. The first-order valence-corrected chi connectivity index (χ1v) is 5.73. The van der Waals surface area contributed by atoms with Gasteiger partial charge < -0.3 is 15.0 Å². The molecule has 90 valence electrons. The van der Waals surface area contributed by atoms with Crippen molar-refractivity contribution >= 4 is 5.97 Å². The molecule has 0 saturated carbocycles. The predicted octanol–water partition coefficient (Wildman–Crippen LogP) is 0.869. The number of hydrogen-bond acceptors (Lipinski definition) is 4. The lowest BCUT2D eigenvalue weighted by Crippen LogP contribution is -2.40. The monoisotopic (exact) mass is 216 g/mol. The standard InChI is InChI=1S/C11H24N2O2/c1-5-12-10(11(14)15-4)8-9-13(6-2)7-3/h10,12H,5-9H2,1-4H3. The van der Waals surface area contributed by atoms with E-state index in [1.807, 2.05) is 6.92 Å². The molecule has 0 aromatic carbocycles. The van der Waals surface area contributed by atoms with Crippen LogP contribution < -0.4 is 5.32 Å². The van der Waals surface area contributed by atoms with E-state index in [2.05, 4.69) is 24.1 Å². The van der Waals surface area contributed by atoms with E-state index in [1.54, 1.807) is 0 Å². The first-order valence-electron chi connectivity index (χ1n) is 5.73. The molecule has 0 saturated heterocycles. The van der Waals surface area contributed by atoms with Crippen LogP contribution in [0.15, 0.2) is 0 Å². The van der Waals surface area contributed by atoms with Crippen molar-refractivity contribution in [1.82, 2.24) is 10.2 Å². The van der Waals surface area contributed by atoms with E-state index < -0.39 is 0 Å². The summed E-state index contributed by atoms with van der Waals surface area (Å²) in [6.07, 6.45) is 0.808. The van der Waals surface area contributed by atoms with Gasteiger partial charge in [0.05, 0.1) is 7.11 Å². The van der Waals surface area contributed by atoms with Crippen LogP contribution in [0.25, 0.3) is 0 Å². The first-order chi connectivity index (χ1) is 7.19. The maximum atomic E-state index is 11.4. The summed E-state index contributed by atoms with van der Waals surface area (Å²) >= 11 is 0. The lowest BCUT2D eigenvalue weighted by molar-refractivity contribution is -0.143. The minimum atomic E-state index is -0.166. The van der Waals surface area contributed by atoms with Crippen LogP contribution in [0.3, 0.4) is 0 Å². The second kappa shape index (κ2) is 8.68. The minimum absolute atomic E-state index is 0.163. The Morgan fingerprint density at radius 1 is 1.33 bits per heavy atom. The Bertz CT molecular complexity index is 170. The fourth-order valence-electron chi connectivity index (χ4n) is 1.54. The maximum absolute atomic E-state index is 11.4. The van der Waals surface area contributed by atoms with E-state index in [0.717, 1.165) is 32.6 Å². The van der Waals surface area contributed by atoms with E-state index in [1.165, 1.54) is 7.11 Å². The summed E-state index contributed by atoms with van der Waals surface area (Å²) < 4.78 is 4.74. The van der Waals surface area contributed by atoms with Crippen LogP contribution in [0, 0.1) is 0 Å². The highest BCUT2D eigenvalue weighted by molar-refractivity contribution is 5.75. The molecule has 0 aliphatic carbocycles. The van der Waals surface area contributed by atoms with Gasteiger partial charge >= 0.3 is 5.97 Å². The largest absolute Gasteiger partial charge is 0.468 e. The second-order valence-corrected chi connectivity index (χ2v) is 3.45. The van der Waals surface area contributed by atoms with Crippen LogP contribution in [0.5, 0.6) is 0 Å². The van der Waals surface area contributed by atoms with Crippen LogP contribution in [-0.4, -0.2) is 50.2 Å². The molecule has 0 spiro atoms. The summed E-state index contributed by atoms with van der Waals surface area (Å²) in [7, 11) is 1.43. The van der Waals surface area contributed by atoms with Crippen molar-refractivity contribution in [3.8, 4) is 0 Å². The molecule has 0 aromatic heterocycles. The third kappa shape index (κ3) is 5.74. The molecule has 0 aromatic rings. The fourth-order valence-corrected chi connectivity index (χ4v) is 1.54. The number of carbonyl (C=O) groups excluding carboxylic acids is 1. The van der Waals surface area contributed by atoms with E-state index in [4.69, 9.17) is 4.74 Å². The van der Waals surface area contributed by atoms with Crippen molar-refractivity contribution in [2.75, 3.05) is 33.3 Å². The van der Waals surface area contributed by atoms with Crippen LogP contribution in [0.1, 0.15) is 27.2 Å². The molecule has 4 heteroatoms. The van der Waals surface area contributed by atoms with E-state index in [9.17, 15) is 4.79 Å². The molecule has 0 bridgehead atoms. The van der Waals surface area contributed by atoms with Crippen molar-refractivity contribution in [2.24, 2.45) is 0 Å². The number of nitrogens with zero attached hydrogens (tertiary/aromatic N) is 1. The molecular formula is C11H24N2O2.